The molecule has 2 aromatic carbocycles. The van der Waals surface area contributed by atoms with Gasteiger partial charge in [-0.15, -0.1) is 0 Å². The highest BCUT2D eigenvalue weighted by Crippen LogP contribution is 2.25. The minimum atomic E-state index is -0.223. The average molecular weight is 460 g/mol. The summed E-state index contributed by atoms with van der Waals surface area (Å²) >= 11 is 0. The molecule has 1 saturated heterocycles. The van der Waals surface area contributed by atoms with Crippen LogP contribution in [-0.4, -0.2) is 51.2 Å². The van der Waals surface area contributed by atoms with Crippen LogP contribution in [0, 0.1) is 11.7 Å². The Morgan fingerprint density at radius 3 is 2.65 bits per heavy atom. The van der Waals surface area contributed by atoms with Crippen LogP contribution >= 0.6 is 0 Å². The van der Waals surface area contributed by atoms with Crippen molar-refractivity contribution in [2.24, 2.45) is 5.92 Å². The number of halogens is 1. The Hall–Kier alpha value is -3.32. The Bertz CT molecular complexity index is 1230. The molecular weight excluding hydrogens is 429 g/mol. The first-order valence-electron chi connectivity index (χ1n) is 11.9. The Kier molecular flexibility index (Phi) is 6.81. The molecule has 0 spiro atoms. The van der Waals surface area contributed by atoms with E-state index in [1.54, 1.807) is 19.6 Å². The van der Waals surface area contributed by atoms with E-state index in [-0.39, 0.29) is 5.82 Å². The molecule has 0 unspecified atom stereocenters. The van der Waals surface area contributed by atoms with Gasteiger partial charge in [-0.1, -0.05) is 30.3 Å². The van der Waals surface area contributed by atoms with Crippen LogP contribution in [0.4, 0.5) is 4.39 Å². The predicted octanol–water partition coefficient (Wildman–Crippen LogP) is 4.52. The van der Waals surface area contributed by atoms with Gasteiger partial charge in [-0.2, -0.15) is 0 Å². The van der Waals surface area contributed by atoms with Crippen molar-refractivity contribution in [1.82, 2.24) is 24.4 Å². The van der Waals surface area contributed by atoms with E-state index < -0.39 is 0 Å². The summed E-state index contributed by atoms with van der Waals surface area (Å²) in [5.74, 6) is 2.37. The van der Waals surface area contributed by atoms with E-state index in [4.69, 9.17) is 9.72 Å². The Morgan fingerprint density at radius 2 is 1.85 bits per heavy atom. The summed E-state index contributed by atoms with van der Waals surface area (Å²) < 4.78 is 21.0. The second-order valence-corrected chi connectivity index (χ2v) is 9.02. The maximum absolute atomic E-state index is 13.4. The van der Waals surface area contributed by atoms with Gasteiger partial charge in [0.1, 0.15) is 29.2 Å². The van der Waals surface area contributed by atoms with E-state index in [1.165, 1.54) is 17.7 Å². The lowest BCUT2D eigenvalue weighted by molar-refractivity contribution is 0.184. The molecule has 34 heavy (non-hydrogen) atoms. The zero-order valence-corrected chi connectivity index (χ0v) is 19.5. The topological polar surface area (TPSA) is 56.1 Å². The van der Waals surface area contributed by atoms with Crippen LogP contribution in [-0.2, 0) is 19.4 Å². The van der Waals surface area contributed by atoms with Gasteiger partial charge in [0.2, 0.25) is 0 Å². The number of benzene rings is 2. The second-order valence-electron chi connectivity index (χ2n) is 9.02. The molecule has 4 aromatic rings. The lowest BCUT2D eigenvalue weighted by Gasteiger charge is -2.32. The molecule has 6 nitrogen and oxygen atoms in total. The lowest BCUT2D eigenvalue weighted by Crippen LogP contribution is -2.36. The second kappa shape index (κ2) is 10.3. The number of hydrogen-bond donors (Lipinski definition) is 0. The van der Waals surface area contributed by atoms with Crippen LogP contribution in [0.1, 0.15) is 29.8 Å². The van der Waals surface area contributed by atoms with E-state index in [9.17, 15) is 4.39 Å². The Balaban J connectivity index is 1.23. The Morgan fingerprint density at radius 1 is 1.06 bits per heavy atom. The molecule has 0 aliphatic carbocycles. The molecule has 176 valence electrons. The molecule has 1 fully saturated rings. The molecule has 0 radical (unpaired) electrons. The number of hydrogen-bond acceptors (Lipinski definition) is 5. The first kappa shape index (κ1) is 22.5. The van der Waals surface area contributed by atoms with Crippen LogP contribution in [0.2, 0.25) is 0 Å². The van der Waals surface area contributed by atoms with Gasteiger partial charge < -0.3 is 14.2 Å². The van der Waals surface area contributed by atoms with Gasteiger partial charge in [-0.25, -0.2) is 19.3 Å². The van der Waals surface area contributed by atoms with Gasteiger partial charge in [-0.3, -0.25) is 0 Å². The molecule has 7 heteroatoms. The normalized spacial score (nSPS) is 15.1. The third kappa shape index (κ3) is 5.09. The molecular formula is C27H30FN5O. The van der Waals surface area contributed by atoms with Crippen LogP contribution in [0.25, 0.3) is 11.2 Å². The minimum absolute atomic E-state index is 0.223. The minimum Gasteiger partial charge on any atom is -0.496 e. The molecule has 0 amide bonds. The summed E-state index contributed by atoms with van der Waals surface area (Å²) in [5, 5.41) is 0. The van der Waals surface area contributed by atoms with Crippen LogP contribution in [0.3, 0.4) is 0 Å². The zero-order chi connectivity index (χ0) is 23.3. The van der Waals surface area contributed by atoms with E-state index in [0.29, 0.717) is 12.5 Å². The molecule has 0 saturated carbocycles. The number of para-hydroxylation sites is 1. The number of piperidine rings is 1. The van der Waals surface area contributed by atoms with E-state index >= 15 is 0 Å². The highest BCUT2D eigenvalue weighted by Gasteiger charge is 2.23. The lowest BCUT2D eigenvalue weighted by atomic mass is 9.93. The largest absolute Gasteiger partial charge is 0.496 e. The van der Waals surface area contributed by atoms with E-state index in [2.05, 4.69) is 31.6 Å². The van der Waals surface area contributed by atoms with Crippen molar-refractivity contribution in [1.29, 1.82) is 0 Å². The van der Waals surface area contributed by atoms with Crippen molar-refractivity contribution in [2.75, 3.05) is 26.7 Å². The molecule has 1 aliphatic heterocycles. The summed E-state index contributed by atoms with van der Waals surface area (Å²) in [6.45, 7) is 3.86. The summed E-state index contributed by atoms with van der Waals surface area (Å²) in [6, 6.07) is 14.9. The van der Waals surface area contributed by atoms with Gasteiger partial charge in [0.25, 0.3) is 0 Å². The summed E-state index contributed by atoms with van der Waals surface area (Å²) in [7, 11) is 1.74. The molecule has 3 heterocycles. The number of fused-ring (bicyclic) bond motifs is 1. The first-order valence-corrected chi connectivity index (χ1v) is 11.9. The third-order valence-corrected chi connectivity index (χ3v) is 6.81. The molecule has 0 bridgehead atoms. The number of likely N-dealkylation sites (tertiary alicyclic amines) is 1. The van der Waals surface area contributed by atoms with E-state index in [0.717, 1.165) is 73.6 Å². The highest BCUT2D eigenvalue weighted by molar-refractivity contribution is 5.70. The number of nitrogens with zero attached hydrogens (tertiary/aromatic N) is 5. The molecule has 2 aromatic heterocycles. The third-order valence-electron chi connectivity index (χ3n) is 6.81. The van der Waals surface area contributed by atoms with Gasteiger partial charge >= 0.3 is 0 Å². The van der Waals surface area contributed by atoms with Crippen LogP contribution in [0.5, 0.6) is 5.75 Å². The fourth-order valence-electron chi connectivity index (χ4n) is 4.88. The van der Waals surface area contributed by atoms with Gasteiger partial charge in [0, 0.05) is 13.0 Å². The maximum atomic E-state index is 13.4. The number of aromatic nitrogens is 4. The number of methoxy groups -OCH3 is 1. The smallest absolute Gasteiger partial charge is 0.163 e. The molecule has 0 atom stereocenters. The molecule has 5 rings (SSSR count). The van der Waals surface area contributed by atoms with Crippen molar-refractivity contribution in [3.8, 4) is 5.75 Å². The number of ether oxygens (including phenoxy) is 1. The molecule has 1 aliphatic rings. The number of imidazole rings is 1. The van der Waals surface area contributed by atoms with Crippen molar-refractivity contribution >= 4 is 11.2 Å². The standard InChI is InChI=1S/C27H30FN5O/c1-34-25-5-3-2-4-22(25)12-15-32-13-10-20(11-14-32)16-26-31-24-17-29-19-30-27(24)33(26)18-21-6-8-23(28)9-7-21/h2-9,17,19-20H,10-16,18H2,1H3. The summed E-state index contributed by atoms with van der Waals surface area (Å²) in [6.07, 6.45) is 7.55. The van der Waals surface area contributed by atoms with Crippen molar-refractivity contribution in [3.63, 3.8) is 0 Å². The monoisotopic (exact) mass is 459 g/mol. The van der Waals surface area contributed by atoms with Gasteiger partial charge in [-0.05, 0) is 67.6 Å². The zero-order valence-electron chi connectivity index (χ0n) is 19.5. The van der Waals surface area contributed by atoms with E-state index in [1.807, 2.05) is 24.3 Å². The predicted molar refractivity (Wildman–Crippen MR) is 130 cm³/mol. The average Bonchev–Trinajstić information content (AvgIpc) is 3.22. The van der Waals surface area contributed by atoms with Crippen molar-refractivity contribution in [2.45, 2.75) is 32.2 Å². The fourth-order valence-corrected chi connectivity index (χ4v) is 4.88. The quantitative estimate of drug-likeness (QED) is 0.388. The van der Waals surface area contributed by atoms with Crippen LogP contribution in [0.15, 0.2) is 61.1 Å². The summed E-state index contributed by atoms with van der Waals surface area (Å²) in [4.78, 5) is 16.1. The SMILES string of the molecule is COc1ccccc1CCN1CCC(Cc2nc3cncnc3n2Cc2ccc(F)cc2)CC1. The highest BCUT2D eigenvalue weighted by atomic mass is 19.1. The fraction of sp³-hybridized carbons (Fsp3) is 0.370. The van der Waals surface area contributed by atoms with Crippen LogP contribution < -0.4 is 4.74 Å². The maximum Gasteiger partial charge on any atom is 0.163 e. The van der Waals surface area contributed by atoms with Gasteiger partial charge in [0.05, 0.1) is 19.9 Å². The van der Waals surface area contributed by atoms with Crippen molar-refractivity contribution < 1.29 is 9.13 Å². The van der Waals surface area contributed by atoms with Crippen molar-refractivity contribution in [3.05, 3.63) is 83.8 Å². The Labute approximate surface area is 199 Å². The first-order chi connectivity index (χ1) is 16.7. The number of rotatable bonds is 8. The molecule has 0 N–H and O–H groups in total. The van der Waals surface area contributed by atoms with Gasteiger partial charge in [0.15, 0.2) is 5.65 Å². The summed E-state index contributed by atoms with van der Waals surface area (Å²) in [5.41, 5.74) is 3.95.